The third kappa shape index (κ3) is 3.51. The Kier molecular flexibility index (Phi) is 4.58. The molecule has 1 atom stereocenters. The fraction of sp³-hybridized carbons (Fsp3) is 0.250. The van der Waals surface area contributed by atoms with E-state index in [4.69, 9.17) is 9.84 Å². The highest BCUT2D eigenvalue weighted by molar-refractivity contribution is 9.10. The minimum atomic E-state index is -1.06. The van der Waals surface area contributed by atoms with Gasteiger partial charge in [0.15, 0.2) is 5.69 Å². The zero-order chi connectivity index (χ0) is 16.4. The smallest absolute Gasteiger partial charge is 0.354 e. The molecular formula is C16H14BrFN2O3. The molecule has 1 aromatic carbocycles. The molecule has 1 aliphatic heterocycles. The average molecular weight is 381 g/mol. The van der Waals surface area contributed by atoms with Gasteiger partial charge in [0, 0.05) is 13.1 Å². The predicted molar refractivity (Wildman–Crippen MR) is 86.2 cm³/mol. The van der Waals surface area contributed by atoms with Crippen LogP contribution in [0.25, 0.3) is 0 Å². The molecular weight excluding hydrogens is 367 g/mol. The Labute approximate surface area is 140 Å². The molecule has 0 saturated carbocycles. The molecule has 0 bridgehead atoms. The standard InChI is InChI=1S/C16H14BrFN2O3/c17-11-8-10(4-5-12(11)18)14-9-20(6-7-23-14)15-3-1-2-13(19-15)16(21)22/h1-5,8,14H,6-7,9H2,(H,21,22). The maximum atomic E-state index is 13.4. The summed E-state index contributed by atoms with van der Waals surface area (Å²) < 4.78 is 19.5. The maximum absolute atomic E-state index is 13.4. The van der Waals surface area contributed by atoms with Crippen LogP contribution in [0.15, 0.2) is 40.9 Å². The summed E-state index contributed by atoms with van der Waals surface area (Å²) in [4.78, 5) is 17.2. The van der Waals surface area contributed by atoms with Crippen LogP contribution in [0.4, 0.5) is 10.2 Å². The molecule has 1 saturated heterocycles. The number of ether oxygens (including phenoxy) is 1. The van der Waals surface area contributed by atoms with Crippen molar-refractivity contribution in [3.63, 3.8) is 0 Å². The van der Waals surface area contributed by atoms with Crippen LogP contribution in [0, 0.1) is 5.82 Å². The molecule has 23 heavy (non-hydrogen) atoms. The third-order valence-electron chi connectivity index (χ3n) is 3.66. The summed E-state index contributed by atoms with van der Waals surface area (Å²) in [6, 6.07) is 9.69. The van der Waals surface area contributed by atoms with Crippen molar-refractivity contribution in [3.8, 4) is 0 Å². The number of benzene rings is 1. The van der Waals surface area contributed by atoms with E-state index >= 15 is 0 Å². The fourth-order valence-electron chi connectivity index (χ4n) is 2.49. The van der Waals surface area contributed by atoms with Crippen molar-refractivity contribution in [1.82, 2.24) is 4.98 Å². The molecule has 0 radical (unpaired) electrons. The Morgan fingerprint density at radius 2 is 2.22 bits per heavy atom. The molecule has 7 heteroatoms. The van der Waals surface area contributed by atoms with Crippen LogP contribution >= 0.6 is 15.9 Å². The number of rotatable bonds is 3. The SMILES string of the molecule is O=C(O)c1cccc(N2CCOC(c3ccc(F)c(Br)c3)C2)n1. The fourth-order valence-corrected chi connectivity index (χ4v) is 2.89. The van der Waals surface area contributed by atoms with Gasteiger partial charge >= 0.3 is 5.97 Å². The Morgan fingerprint density at radius 3 is 2.96 bits per heavy atom. The van der Waals surface area contributed by atoms with E-state index in [1.54, 1.807) is 24.3 Å². The minimum Gasteiger partial charge on any atom is -0.477 e. The topological polar surface area (TPSA) is 62.7 Å². The second kappa shape index (κ2) is 6.64. The summed E-state index contributed by atoms with van der Waals surface area (Å²) in [6.07, 6.45) is -0.226. The van der Waals surface area contributed by atoms with Gasteiger partial charge in [-0.25, -0.2) is 14.2 Å². The van der Waals surface area contributed by atoms with Crippen LogP contribution in [-0.2, 0) is 4.74 Å². The molecule has 2 heterocycles. The van der Waals surface area contributed by atoms with Gasteiger partial charge < -0.3 is 14.7 Å². The van der Waals surface area contributed by atoms with Crippen LogP contribution in [0.5, 0.6) is 0 Å². The van der Waals surface area contributed by atoms with Crippen LogP contribution in [0.3, 0.4) is 0 Å². The quantitative estimate of drug-likeness (QED) is 0.885. The molecule has 3 rings (SSSR count). The van der Waals surface area contributed by atoms with Gasteiger partial charge in [0.05, 0.1) is 11.1 Å². The highest BCUT2D eigenvalue weighted by Gasteiger charge is 2.24. The lowest BCUT2D eigenvalue weighted by Gasteiger charge is -2.34. The molecule has 1 unspecified atom stereocenters. The Bertz CT molecular complexity index is 741. The number of carboxylic acid groups (broad SMARTS) is 1. The first-order chi connectivity index (χ1) is 11.0. The van der Waals surface area contributed by atoms with Crippen molar-refractivity contribution in [2.24, 2.45) is 0 Å². The van der Waals surface area contributed by atoms with Crippen molar-refractivity contribution in [3.05, 3.63) is 57.9 Å². The Hall–Kier alpha value is -1.99. The van der Waals surface area contributed by atoms with Crippen LogP contribution in [0.2, 0.25) is 0 Å². The normalized spacial score (nSPS) is 18.0. The third-order valence-corrected chi connectivity index (χ3v) is 4.27. The molecule has 0 spiro atoms. The number of nitrogens with zero attached hydrogens (tertiary/aromatic N) is 2. The monoisotopic (exact) mass is 380 g/mol. The summed E-state index contributed by atoms with van der Waals surface area (Å²) in [6.45, 7) is 1.63. The van der Waals surface area contributed by atoms with Crippen LogP contribution < -0.4 is 4.90 Å². The number of hydrogen-bond acceptors (Lipinski definition) is 4. The van der Waals surface area contributed by atoms with Gasteiger partial charge in [-0.2, -0.15) is 0 Å². The molecule has 1 N–H and O–H groups in total. The van der Waals surface area contributed by atoms with Gasteiger partial charge in [-0.1, -0.05) is 12.1 Å². The number of carboxylic acids is 1. The zero-order valence-electron chi connectivity index (χ0n) is 12.1. The molecule has 1 fully saturated rings. The van der Waals surface area contributed by atoms with E-state index in [-0.39, 0.29) is 17.6 Å². The van der Waals surface area contributed by atoms with E-state index in [0.29, 0.717) is 30.0 Å². The van der Waals surface area contributed by atoms with Gasteiger partial charge in [0.25, 0.3) is 0 Å². The lowest BCUT2D eigenvalue weighted by atomic mass is 10.1. The van der Waals surface area contributed by atoms with Gasteiger partial charge in [0.1, 0.15) is 17.7 Å². The van der Waals surface area contributed by atoms with Crippen molar-refractivity contribution in [2.45, 2.75) is 6.10 Å². The van der Waals surface area contributed by atoms with E-state index in [0.717, 1.165) is 5.56 Å². The van der Waals surface area contributed by atoms with E-state index in [2.05, 4.69) is 20.9 Å². The number of morpholine rings is 1. The van der Waals surface area contributed by atoms with Crippen molar-refractivity contribution >= 4 is 27.7 Å². The Balaban J connectivity index is 1.81. The van der Waals surface area contributed by atoms with Gasteiger partial charge in [-0.15, -0.1) is 0 Å². The molecule has 0 amide bonds. The van der Waals surface area contributed by atoms with Crippen molar-refractivity contribution < 1.29 is 19.0 Å². The van der Waals surface area contributed by atoms with E-state index in [1.807, 2.05) is 4.90 Å². The van der Waals surface area contributed by atoms with Gasteiger partial charge in [-0.3, -0.25) is 0 Å². The van der Waals surface area contributed by atoms with E-state index < -0.39 is 5.97 Å². The number of aromatic carboxylic acids is 1. The maximum Gasteiger partial charge on any atom is 0.354 e. The number of carbonyl (C=O) groups is 1. The first-order valence-electron chi connectivity index (χ1n) is 7.06. The van der Waals surface area contributed by atoms with E-state index in [1.165, 1.54) is 12.1 Å². The number of halogens is 2. The zero-order valence-corrected chi connectivity index (χ0v) is 13.7. The summed E-state index contributed by atoms with van der Waals surface area (Å²) in [7, 11) is 0. The van der Waals surface area contributed by atoms with Crippen molar-refractivity contribution in [2.75, 3.05) is 24.6 Å². The lowest BCUT2D eigenvalue weighted by molar-refractivity contribution is 0.0394. The second-order valence-electron chi connectivity index (χ2n) is 5.17. The number of hydrogen-bond donors (Lipinski definition) is 1. The number of pyridine rings is 1. The van der Waals surface area contributed by atoms with Gasteiger partial charge in [0.2, 0.25) is 0 Å². The predicted octanol–water partition coefficient (Wildman–Crippen LogP) is 3.26. The summed E-state index contributed by atoms with van der Waals surface area (Å²) >= 11 is 3.18. The lowest BCUT2D eigenvalue weighted by Crippen LogP contribution is -2.39. The molecule has 1 aliphatic rings. The highest BCUT2D eigenvalue weighted by atomic mass is 79.9. The second-order valence-corrected chi connectivity index (χ2v) is 6.02. The molecule has 2 aromatic rings. The number of aromatic nitrogens is 1. The molecule has 5 nitrogen and oxygen atoms in total. The number of anilines is 1. The van der Waals surface area contributed by atoms with Gasteiger partial charge in [-0.05, 0) is 45.8 Å². The minimum absolute atomic E-state index is 0.00932. The van der Waals surface area contributed by atoms with Crippen molar-refractivity contribution in [1.29, 1.82) is 0 Å². The van der Waals surface area contributed by atoms with E-state index in [9.17, 15) is 9.18 Å². The highest BCUT2D eigenvalue weighted by Crippen LogP contribution is 2.28. The van der Waals surface area contributed by atoms with Crippen LogP contribution in [0.1, 0.15) is 22.2 Å². The molecule has 1 aromatic heterocycles. The molecule has 120 valence electrons. The first kappa shape index (κ1) is 15.9. The average Bonchev–Trinajstić information content (AvgIpc) is 2.57. The summed E-state index contributed by atoms with van der Waals surface area (Å²) in [5, 5.41) is 9.05. The molecule has 0 aliphatic carbocycles. The Morgan fingerprint density at radius 1 is 1.39 bits per heavy atom. The first-order valence-corrected chi connectivity index (χ1v) is 7.86. The summed E-state index contributed by atoms with van der Waals surface area (Å²) in [5.74, 6) is -0.782. The summed E-state index contributed by atoms with van der Waals surface area (Å²) in [5.41, 5.74) is 0.868. The van der Waals surface area contributed by atoms with Crippen LogP contribution in [-0.4, -0.2) is 35.8 Å². The largest absolute Gasteiger partial charge is 0.477 e.